The van der Waals surface area contributed by atoms with Crippen LogP contribution in [-0.2, 0) is 4.79 Å². The molecule has 172 valence electrons. The average molecular weight is 455 g/mol. The Hall–Kier alpha value is -4.39. The van der Waals surface area contributed by atoms with E-state index in [-0.39, 0.29) is 17.9 Å². The predicted molar refractivity (Wildman–Crippen MR) is 132 cm³/mol. The molecule has 0 aliphatic carbocycles. The Morgan fingerprint density at radius 1 is 0.971 bits per heavy atom. The van der Waals surface area contributed by atoms with E-state index in [9.17, 15) is 9.59 Å². The molecule has 0 saturated carbocycles. The number of carbonyl (C=O) groups is 2. The van der Waals surface area contributed by atoms with Crippen molar-refractivity contribution in [3.05, 3.63) is 96.2 Å². The minimum absolute atomic E-state index is 0.147. The van der Waals surface area contributed by atoms with Crippen molar-refractivity contribution in [3.8, 4) is 22.7 Å². The highest BCUT2D eigenvalue weighted by molar-refractivity contribution is 6.00. The van der Waals surface area contributed by atoms with Crippen LogP contribution in [0.1, 0.15) is 35.8 Å². The number of amides is 2. The first-order valence-electron chi connectivity index (χ1n) is 10.9. The molecule has 0 radical (unpaired) electrons. The third-order valence-electron chi connectivity index (χ3n) is 5.40. The van der Waals surface area contributed by atoms with Crippen molar-refractivity contribution in [3.63, 3.8) is 0 Å². The van der Waals surface area contributed by atoms with Crippen LogP contribution < -0.4 is 15.4 Å². The number of nitrogens with zero attached hydrogens (tertiary/aromatic N) is 2. The van der Waals surface area contributed by atoms with Gasteiger partial charge in [-0.3, -0.25) is 9.59 Å². The minimum atomic E-state index is -0.287. The first-order valence-corrected chi connectivity index (χ1v) is 10.9. The quantitative estimate of drug-likeness (QED) is 0.412. The molecule has 4 rings (SSSR count). The summed E-state index contributed by atoms with van der Waals surface area (Å²) in [6, 6.07) is 24.2. The van der Waals surface area contributed by atoms with Gasteiger partial charge in [0, 0.05) is 24.4 Å². The lowest BCUT2D eigenvalue weighted by Crippen LogP contribution is -2.27. The van der Waals surface area contributed by atoms with Gasteiger partial charge in [-0.1, -0.05) is 30.3 Å². The van der Waals surface area contributed by atoms with Gasteiger partial charge in [0.25, 0.3) is 5.91 Å². The maximum Gasteiger partial charge on any atom is 0.255 e. The van der Waals surface area contributed by atoms with Crippen LogP contribution in [0.15, 0.2) is 85.1 Å². The lowest BCUT2D eigenvalue weighted by Gasteiger charge is -2.15. The molecule has 3 aromatic carbocycles. The summed E-state index contributed by atoms with van der Waals surface area (Å²) in [7, 11) is 1.61. The SMILES string of the molecule is COc1ccc(-c2nn(-c3ccccc3)cc2C(=O)NC(C)c2cccc(NC(C)=O)c2)cc1. The van der Waals surface area contributed by atoms with Crippen molar-refractivity contribution in [1.29, 1.82) is 0 Å². The maximum atomic E-state index is 13.4. The first kappa shape index (κ1) is 22.8. The van der Waals surface area contributed by atoms with Gasteiger partial charge in [0.15, 0.2) is 0 Å². The molecule has 1 unspecified atom stereocenters. The molecular weight excluding hydrogens is 428 g/mol. The second kappa shape index (κ2) is 10.0. The second-order valence-corrected chi connectivity index (χ2v) is 7.90. The number of benzene rings is 3. The van der Waals surface area contributed by atoms with E-state index < -0.39 is 0 Å². The highest BCUT2D eigenvalue weighted by Gasteiger charge is 2.21. The lowest BCUT2D eigenvalue weighted by atomic mass is 10.1. The van der Waals surface area contributed by atoms with Crippen LogP contribution in [0, 0.1) is 0 Å². The highest BCUT2D eigenvalue weighted by atomic mass is 16.5. The molecule has 34 heavy (non-hydrogen) atoms. The van der Waals surface area contributed by atoms with E-state index in [0.717, 1.165) is 22.6 Å². The van der Waals surface area contributed by atoms with E-state index in [1.807, 2.05) is 85.8 Å². The normalized spacial score (nSPS) is 11.5. The number of nitrogens with one attached hydrogen (secondary N) is 2. The Bertz CT molecular complexity index is 1300. The number of para-hydroxylation sites is 1. The van der Waals surface area contributed by atoms with E-state index in [4.69, 9.17) is 9.84 Å². The van der Waals surface area contributed by atoms with Gasteiger partial charge in [-0.25, -0.2) is 4.68 Å². The number of methoxy groups -OCH3 is 1. The first-order chi connectivity index (χ1) is 16.4. The van der Waals surface area contributed by atoms with Crippen LogP contribution in [0.4, 0.5) is 5.69 Å². The number of hydrogen-bond donors (Lipinski definition) is 2. The Kier molecular flexibility index (Phi) is 6.73. The third-order valence-corrected chi connectivity index (χ3v) is 5.40. The van der Waals surface area contributed by atoms with Crippen molar-refractivity contribution < 1.29 is 14.3 Å². The Morgan fingerprint density at radius 2 is 1.71 bits per heavy atom. The lowest BCUT2D eigenvalue weighted by molar-refractivity contribution is -0.114. The Balaban J connectivity index is 1.65. The van der Waals surface area contributed by atoms with Crippen LogP contribution in [0.5, 0.6) is 5.75 Å². The number of aromatic nitrogens is 2. The van der Waals surface area contributed by atoms with E-state index in [1.54, 1.807) is 18.0 Å². The number of hydrogen-bond acceptors (Lipinski definition) is 4. The monoisotopic (exact) mass is 454 g/mol. The summed E-state index contributed by atoms with van der Waals surface area (Å²) in [5, 5.41) is 10.6. The number of anilines is 1. The number of carbonyl (C=O) groups excluding carboxylic acids is 2. The zero-order valence-electron chi connectivity index (χ0n) is 19.3. The molecular formula is C27H26N4O3. The van der Waals surface area contributed by atoms with Gasteiger partial charge in [-0.05, 0) is 61.0 Å². The summed E-state index contributed by atoms with van der Waals surface area (Å²) in [5.74, 6) is 0.335. The highest BCUT2D eigenvalue weighted by Crippen LogP contribution is 2.27. The summed E-state index contributed by atoms with van der Waals surface area (Å²) in [4.78, 5) is 24.8. The fraction of sp³-hybridized carbons (Fsp3) is 0.148. The van der Waals surface area contributed by atoms with Crippen LogP contribution in [0.25, 0.3) is 16.9 Å². The maximum absolute atomic E-state index is 13.4. The second-order valence-electron chi connectivity index (χ2n) is 7.90. The molecule has 1 aromatic heterocycles. The van der Waals surface area contributed by atoms with Crippen molar-refractivity contribution >= 4 is 17.5 Å². The van der Waals surface area contributed by atoms with E-state index >= 15 is 0 Å². The molecule has 0 bridgehead atoms. The van der Waals surface area contributed by atoms with Gasteiger partial charge in [0.05, 0.1) is 24.4 Å². The summed E-state index contributed by atoms with van der Waals surface area (Å²) in [5.41, 5.74) is 4.25. The average Bonchev–Trinajstić information content (AvgIpc) is 3.30. The predicted octanol–water partition coefficient (Wildman–Crippen LogP) is 5.00. The van der Waals surface area contributed by atoms with Crippen LogP contribution in [-0.4, -0.2) is 28.7 Å². The van der Waals surface area contributed by atoms with Gasteiger partial charge in [0.1, 0.15) is 11.4 Å². The van der Waals surface area contributed by atoms with Gasteiger partial charge in [-0.15, -0.1) is 0 Å². The van der Waals surface area contributed by atoms with Crippen molar-refractivity contribution in [1.82, 2.24) is 15.1 Å². The van der Waals surface area contributed by atoms with E-state index in [2.05, 4.69) is 10.6 Å². The summed E-state index contributed by atoms with van der Waals surface area (Å²) in [6.07, 6.45) is 1.74. The topological polar surface area (TPSA) is 85.2 Å². The molecule has 0 aliphatic rings. The number of rotatable bonds is 7. The third kappa shape index (κ3) is 5.15. The molecule has 0 aliphatic heterocycles. The van der Waals surface area contributed by atoms with Gasteiger partial charge in [0.2, 0.25) is 5.91 Å². The molecule has 1 atom stereocenters. The largest absolute Gasteiger partial charge is 0.497 e. The minimum Gasteiger partial charge on any atom is -0.497 e. The zero-order chi connectivity index (χ0) is 24.1. The fourth-order valence-electron chi connectivity index (χ4n) is 3.66. The summed E-state index contributed by atoms with van der Waals surface area (Å²) >= 11 is 0. The van der Waals surface area contributed by atoms with Crippen molar-refractivity contribution in [2.24, 2.45) is 0 Å². The number of ether oxygens (including phenoxy) is 1. The van der Waals surface area contributed by atoms with Crippen LogP contribution in [0.2, 0.25) is 0 Å². The molecule has 0 fully saturated rings. The van der Waals surface area contributed by atoms with Gasteiger partial charge >= 0.3 is 0 Å². The fourth-order valence-corrected chi connectivity index (χ4v) is 3.66. The van der Waals surface area contributed by atoms with Crippen LogP contribution >= 0.6 is 0 Å². The molecule has 2 N–H and O–H groups in total. The summed E-state index contributed by atoms with van der Waals surface area (Å²) < 4.78 is 6.97. The zero-order valence-corrected chi connectivity index (χ0v) is 19.3. The standard InChI is InChI=1S/C27H26N4O3/c1-18(21-8-7-9-22(16-21)29-19(2)32)28-27(33)25-17-31(23-10-5-4-6-11-23)30-26(25)20-12-14-24(34-3)15-13-20/h4-18H,1-3H3,(H,28,33)(H,29,32). The molecule has 7 nitrogen and oxygen atoms in total. The van der Waals surface area contributed by atoms with Gasteiger partial charge < -0.3 is 15.4 Å². The molecule has 1 heterocycles. The smallest absolute Gasteiger partial charge is 0.255 e. The molecule has 0 spiro atoms. The molecule has 0 saturated heterocycles. The van der Waals surface area contributed by atoms with E-state index in [1.165, 1.54) is 6.92 Å². The van der Waals surface area contributed by atoms with Crippen molar-refractivity contribution in [2.75, 3.05) is 12.4 Å². The molecule has 2 amide bonds. The Morgan fingerprint density at radius 3 is 2.38 bits per heavy atom. The van der Waals surface area contributed by atoms with Crippen molar-refractivity contribution in [2.45, 2.75) is 19.9 Å². The van der Waals surface area contributed by atoms with Gasteiger partial charge in [-0.2, -0.15) is 5.10 Å². The summed E-state index contributed by atoms with van der Waals surface area (Å²) in [6.45, 7) is 3.36. The molecule has 4 aromatic rings. The van der Waals surface area contributed by atoms with Crippen LogP contribution in [0.3, 0.4) is 0 Å². The molecule has 7 heteroatoms. The Labute approximate surface area is 198 Å². The van der Waals surface area contributed by atoms with E-state index in [0.29, 0.717) is 16.9 Å².